The summed E-state index contributed by atoms with van der Waals surface area (Å²) in [6.07, 6.45) is 2.76. The molecule has 0 aromatic rings. The van der Waals surface area contributed by atoms with Crippen LogP contribution in [0.25, 0.3) is 0 Å². The lowest BCUT2D eigenvalue weighted by atomic mass is 10.00. The Labute approximate surface area is 122 Å². The number of hydrogen-bond donors (Lipinski definition) is 1. The van der Waals surface area contributed by atoms with Gasteiger partial charge in [0, 0.05) is 31.2 Å². The molecular weight excluding hydrogens is 278 g/mol. The highest BCUT2D eigenvalue weighted by Crippen LogP contribution is 2.27. The lowest BCUT2D eigenvalue weighted by molar-refractivity contribution is -0.0200. The highest BCUT2D eigenvalue weighted by Gasteiger charge is 2.41. The second-order valence-corrected chi connectivity index (χ2v) is 7.94. The fourth-order valence-electron chi connectivity index (χ4n) is 3.07. The molecule has 2 saturated heterocycles. The summed E-state index contributed by atoms with van der Waals surface area (Å²) in [6, 6.07) is -0.343. The van der Waals surface area contributed by atoms with Crippen LogP contribution in [0, 0.1) is 0 Å². The predicted molar refractivity (Wildman–Crippen MR) is 78.5 cm³/mol. The molecule has 6 nitrogen and oxygen atoms in total. The molecule has 2 N–H and O–H groups in total. The van der Waals surface area contributed by atoms with Gasteiger partial charge >= 0.3 is 0 Å². The van der Waals surface area contributed by atoms with Crippen molar-refractivity contribution in [1.29, 1.82) is 0 Å². The summed E-state index contributed by atoms with van der Waals surface area (Å²) in [5, 5.41) is 0. The first-order valence-corrected chi connectivity index (χ1v) is 8.89. The van der Waals surface area contributed by atoms with Gasteiger partial charge in [0.25, 0.3) is 10.2 Å². The van der Waals surface area contributed by atoms with Crippen molar-refractivity contribution in [2.45, 2.75) is 64.3 Å². The SMILES string of the molecule is C[C@@H]1CN(S(=O)(=O)N2CCCC[C@@H]2[C@@H](C)N)[C@@H](C)CO1. The average Bonchev–Trinajstić information content (AvgIpc) is 2.41. The lowest BCUT2D eigenvalue weighted by Gasteiger charge is -2.43. The van der Waals surface area contributed by atoms with Crippen LogP contribution in [0.3, 0.4) is 0 Å². The van der Waals surface area contributed by atoms with Crippen molar-refractivity contribution in [3.05, 3.63) is 0 Å². The number of ether oxygens (including phenoxy) is 1. The third-order valence-electron chi connectivity index (χ3n) is 4.25. The van der Waals surface area contributed by atoms with E-state index in [0.717, 1.165) is 19.3 Å². The maximum Gasteiger partial charge on any atom is 0.282 e. The fourth-order valence-corrected chi connectivity index (χ4v) is 5.25. The van der Waals surface area contributed by atoms with Crippen LogP contribution < -0.4 is 5.73 Å². The minimum Gasteiger partial charge on any atom is -0.375 e. The van der Waals surface area contributed by atoms with E-state index in [-0.39, 0.29) is 24.2 Å². The van der Waals surface area contributed by atoms with Crippen LogP contribution in [0.4, 0.5) is 0 Å². The minimum absolute atomic E-state index is 0.0560. The highest BCUT2D eigenvalue weighted by atomic mass is 32.2. The Bertz CT molecular complexity index is 427. The van der Waals surface area contributed by atoms with Gasteiger partial charge in [0.05, 0.1) is 12.7 Å². The van der Waals surface area contributed by atoms with Crippen LogP contribution in [-0.4, -0.2) is 61.0 Å². The van der Waals surface area contributed by atoms with Crippen molar-refractivity contribution in [3.8, 4) is 0 Å². The molecule has 0 amide bonds. The number of nitrogens with zero attached hydrogens (tertiary/aromatic N) is 2. The Morgan fingerprint density at radius 1 is 1.25 bits per heavy atom. The summed E-state index contributed by atoms with van der Waals surface area (Å²) in [7, 11) is -3.45. The zero-order valence-corrected chi connectivity index (χ0v) is 13.5. The van der Waals surface area contributed by atoms with Crippen molar-refractivity contribution >= 4 is 10.2 Å². The van der Waals surface area contributed by atoms with Gasteiger partial charge in [-0.2, -0.15) is 17.0 Å². The summed E-state index contributed by atoms with van der Waals surface area (Å²) in [5.41, 5.74) is 6.00. The summed E-state index contributed by atoms with van der Waals surface area (Å²) in [5.74, 6) is 0. The minimum atomic E-state index is -3.45. The molecule has 7 heteroatoms. The highest BCUT2D eigenvalue weighted by molar-refractivity contribution is 7.86. The topological polar surface area (TPSA) is 75.9 Å². The predicted octanol–water partition coefficient (Wildman–Crippen LogP) is 0.542. The molecule has 0 saturated carbocycles. The van der Waals surface area contributed by atoms with E-state index in [1.807, 2.05) is 20.8 Å². The van der Waals surface area contributed by atoms with E-state index < -0.39 is 10.2 Å². The normalized spacial score (nSPS) is 35.9. The molecule has 0 aromatic carbocycles. The smallest absolute Gasteiger partial charge is 0.282 e. The first kappa shape index (κ1) is 16.2. The van der Waals surface area contributed by atoms with E-state index in [1.165, 1.54) is 0 Å². The second kappa shape index (κ2) is 6.27. The standard InChI is InChI=1S/C13H27N3O3S/c1-10-9-19-11(2)8-16(10)20(17,18)15-7-5-4-6-13(15)12(3)14/h10-13H,4-9,14H2,1-3H3/t10-,11+,12+,13+/m0/s1. The van der Waals surface area contributed by atoms with Crippen molar-refractivity contribution < 1.29 is 13.2 Å². The first-order valence-electron chi connectivity index (χ1n) is 7.50. The Morgan fingerprint density at radius 3 is 2.60 bits per heavy atom. The van der Waals surface area contributed by atoms with E-state index in [4.69, 9.17) is 10.5 Å². The van der Waals surface area contributed by atoms with Crippen LogP contribution in [0.15, 0.2) is 0 Å². The number of nitrogens with two attached hydrogens (primary N) is 1. The Balaban J connectivity index is 2.23. The van der Waals surface area contributed by atoms with Crippen molar-refractivity contribution in [2.75, 3.05) is 19.7 Å². The Hall–Kier alpha value is -0.210. The van der Waals surface area contributed by atoms with Gasteiger partial charge in [-0.25, -0.2) is 0 Å². The van der Waals surface area contributed by atoms with Gasteiger partial charge in [0.2, 0.25) is 0 Å². The van der Waals surface area contributed by atoms with Gasteiger partial charge in [-0.3, -0.25) is 0 Å². The summed E-state index contributed by atoms with van der Waals surface area (Å²) < 4.78 is 34.6. The van der Waals surface area contributed by atoms with Gasteiger partial charge in [-0.15, -0.1) is 0 Å². The molecule has 2 aliphatic rings. The van der Waals surface area contributed by atoms with Crippen LogP contribution in [-0.2, 0) is 14.9 Å². The third-order valence-corrected chi connectivity index (χ3v) is 6.40. The summed E-state index contributed by atoms with van der Waals surface area (Å²) >= 11 is 0. The molecule has 0 radical (unpaired) electrons. The monoisotopic (exact) mass is 305 g/mol. The maximum atomic E-state index is 13.0. The average molecular weight is 305 g/mol. The van der Waals surface area contributed by atoms with E-state index in [2.05, 4.69) is 0 Å². The van der Waals surface area contributed by atoms with Gasteiger partial charge in [-0.05, 0) is 33.6 Å². The molecule has 0 aliphatic carbocycles. The van der Waals surface area contributed by atoms with Crippen molar-refractivity contribution in [2.24, 2.45) is 5.73 Å². The van der Waals surface area contributed by atoms with E-state index in [9.17, 15) is 8.42 Å². The largest absolute Gasteiger partial charge is 0.375 e. The zero-order valence-electron chi connectivity index (χ0n) is 12.7. The van der Waals surface area contributed by atoms with Gasteiger partial charge < -0.3 is 10.5 Å². The van der Waals surface area contributed by atoms with E-state index in [0.29, 0.717) is 19.7 Å². The number of rotatable bonds is 3. The molecule has 4 atom stereocenters. The fraction of sp³-hybridized carbons (Fsp3) is 1.00. The maximum absolute atomic E-state index is 13.0. The molecule has 0 spiro atoms. The third kappa shape index (κ3) is 3.17. The molecule has 20 heavy (non-hydrogen) atoms. The van der Waals surface area contributed by atoms with E-state index in [1.54, 1.807) is 8.61 Å². The molecule has 118 valence electrons. The summed E-state index contributed by atoms with van der Waals surface area (Å²) in [6.45, 7) is 7.15. The van der Waals surface area contributed by atoms with Crippen LogP contribution in [0.1, 0.15) is 40.0 Å². The second-order valence-electron chi connectivity index (χ2n) is 6.10. The number of morpholine rings is 1. The van der Waals surface area contributed by atoms with Gasteiger partial charge in [0.15, 0.2) is 0 Å². The molecule has 2 fully saturated rings. The quantitative estimate of drug-likeness (QED) is 0.826. The van der Waals surface area contributed by atoms with Crippen molar-refractivity contribution in [3.63, 3.8) is 0 Å². The Kier molecular flexibility index (Phi) is 5.07. The van der Waals surface area contributed by atoms with Crippen LogP contribution >= 0.6 is 0 Å². The number of piperidine rings is 1. The number of hydrogen-bond acceptors (Lipinski definition) is 4. The lowest BCUT2D eigenvalue weighted by Crippen LogP contribution is -2.60. The molecular formula is C13H27N3O3S. The molecule has 2 rings (SSSR count). The van der Waals surface area contributed by atoms with Gasteiger partial charge in [0.1, 0.15) is 0 Å². The summed E-state index contributed by atoms with van der Waals surface area (Å²) in [4.78, 5) is 0. The van der Waals surface area contributed by atoms with Gasteiger partial charge in [-0.1, -0.05) is 6.42 Å². The molecule has 2 aliphatic heterocycles. The molecule has 0 unspecified atom stereocenters. The van der Waals surface area contributed by atoms with Crippen LogP contribution in [0.2, 0.25) is 0 Å². The van der Waals surface area contributed by atoms with Crippen LogP contribution in [0.5, 0.6) is 0 Å². The molecule has 0 aromatic heterocycles. The Morgan fingerprint density at radius 2 is 1.95 bits per heavy atom. The zero-order chi connectivity index (χ0) is 14.9. The van der Waals surface area contributed by atoms with Crippen molar-refractivity contribution in [1.82, 2.24) is 8.61 Å². The molecule has 2 heterocycles. The first-order chi connectivity index (χ1) is 9.34. The van der Waals surface area contributed by atoms with E-state index >= 15 is 0 Å². The molecule has 0 bridgehead atoms.